The van der Waals surface area contributed by atoms with Crippen LogP contribution in [0.5, 0.6) is 0 Å². The molecule has 0 spiro atoms. The molecule has 3 unspecified atom stereocenters. The lowest BCUT2D eigenvalue weighted by Crippen LogP contribution is -2.27. The van der Waals surface area contributed by atoms with E-state index in [2.05, 4.69) is 159 Å². The molecule has 1 aliphatic carbocycles. The lowest BCUT2D eigenvalue weighted by molar-refractivity contribution is 0.620. The Balaban J connectivity index is 1.01. The number of nitrogens with zero attached hydrogens (tertiary/aromatic N) is 4. The van der Waals surface area contributed by atoms with Crippen LogP contribution in [0.4, 0.5) is 0 Å². The normalized spacial score (nSPS) is 17.4. The van der Waals surface area contributed by atoms with E-state index in [1.807, 2.05) is 36.4 Å². The van der Waals surface area contributed by atoms with Gasteiger partial charge in [-0.2, -0.15) is 0 Å². The predicted octanol–water partition coefficient (Wildman–Crippen LogP) is 13.4. The van der Waals surface area contributed by atoms with Crippen molar-refractivity contribution < 1.29 is 4.42 Å². The molecule has 12 rings (SSSR count). The summed E-state index contributed by atoms with van der Waals surface area (Å²) in [5.74, 6) is 2.54. The molecule has 7 aromatic carbocycles. The molecular weight excluding hydrogens is 771 g/mol. The van der Waals surface area contributed by atoms with E-state index < -0.39 is 15.5 Å². The van der Waals surface area contributed by atoms with Crippen LogP contribution in [0.3, 0.4) is 0 Å². The first-order valence-electron chi connectivity index (χ1n) is 20.3. The Labute approximate surface area is 349 Å². The summed E-state index contributed by atoms with van der Waals surface area (Å²) in [5, 5.41) is 9.42. The number of hydrogen-bond donors (Lipinski definition) is 0. The highest BCUT2D eigenvalue weighted by molar-refractivity contribution is 7.75. The van der Waals surface area contributed by atoms with Crippen LogP contribution in [0.25, 0.3) is 82.8 Å². The maximum absolute atomic E-state index is 6.11. The summed E-state index contributed by atoms with van der Waals surface area (Å²) in [6.07, 6.45) is 5.61. The molecule has 0 N–H and O–H groups in total. The lowest BCUT2D eigenvalue weighted by atomic mass is 9.85. The Hall–Kier alpha value is -6.77. The molecule has 0 bridgehead atoms. The highest BCUT2D eigenvalue weighted by Crippen LogP contribution is 2.64. The Morgan fingerprint density at radius 2 is 1.17 bits per heavy atom. The number of allylic oxidation sites excluding steroid dienone is 4. The van der Waals surface area contributed by atoms with E-state index in [1.165, 1.54) is 48.1 Å². The maximum atomic E-state index is 6.11. The number of oxazole rings is 1. The highest BCUT2D eigenvalue weighted by atomic mass is 31.1. The van der Waals surface area contributed by atoms with Gasteiger partial charge in [0.1, 0.15) is 5.52 Å². The number of rotatable bonds is 6. The third kappa shape index (κ3) is 5.65. The van der Waals surface area contributed by atoms with Crippen LogP contribution in [0.2, 0.25) is 0 Å². The SMILES string of the molecule is CC12CC=C(c3nc(-c4ccc(-c5nc6ccccc6o5)cc4)nc(-c4ccc5c(c4)c4ccccc4p5-c4ccccc4)n3)C=C1c1ccccc1P2c1ccccc1. The Morgan fingerprint density at radius 3 is 1.98 bits per heavy atom. The topological polar surface area (TPSA) is 64.7 Å². The van der Waals surface area contributed by atoms with Gasteiger partial charge in [-0.3, -0.25) is 0 Å². The van der Waals surface area contributed by atoms with Crippen LogP contribution in [0, 0.1) is 0 Å². The second kappa shape index (κ2) is 13.9. The zero-order chi connectivity index (χ0) is 39.8. The molecule has 1 aliphatic heterocycles. The third-order valence-corrected chi connectivity index (χ3v) is 17.7. The molecule has 0 amide bonds. The van der Waals surface area contributed by atoms with Crippen molar-refractivity contribution in [2.45, 2.75) is 18.5 Å². The monoisotopic (exact) mass is 806 g/mol. The van der Waals surface area contributed by atoms with E-state index >= 15 is 0 Å². The van der Waals surface area contributed by atoms with Crippen molar-refractivity contribution in [1.82, 2.24) is 19.9 Å². The molecule has 0 radical (unpaired) electrons. The summed E-state index contributed by atoms with van der Waals surface area (Å²) in [5.41, 5.74) is 8.07. The molecule has 2 aliphatic rings. The van der Waals surface area contributed by atoms with Gasteiger partial charge in [0, 0.05) is 37.7 Å². The number of hydrogen-bond acceptors (Lipinski definition) is 5. The first kappa shape index (κ1) is 35.2. The van der Waals surface area contributed by atoms with E-state index in [9.17, 15) is 0 Å². The zero-order valence-corrected chi connectivity index (χ0v) is 34.5. The van der Waals surface area contributed by atoms with Crippen LogP contribution < -0.4 is 10.6 Å². The second-order valence-corrected chi connectivity index (χ2v) is 20.5. The minimum atomic E-state index is -0.675. The molecule has 0 saturated heterocycles. The van der Waals surface area contributed by atoms with Crippen molar-refractivity contribution in [3.8, 4) is 39.5 Å². The van der Waals surface area contributed by atoms with Gasteiger partial charge in [-0.25, -0.2) is 19.9 Å². The third-order valence-electron chi connectivity index (χ3n) is 12.1. The standard InChI is InChI=1S/C53H36N4OP2/c1-53-31-30-37(33-43(53)41-19-9-13-23-48(41)60(53)39-16-6-3-7-17-39)51-56-49(34-24-26-35(27-25-34)52-54-44-20-10-11-21-45(44)58-52)55-50(57-51)36-28-29-47-42(32-36)40-18-8-12-22-46(40)59(47)38-14-4-2-5-15-38/h2-30,32-33H,31H2,1H3. The van der Waals surface area contributed by atoms with Crippen LogP contribution in [0.15, 0.2) is 192 Å². The van der Waals surface area contributed by atoms with Gasteiger partial charge in [-0.15, -0.1) is 0 Å². The minimum Gasteiger partial charge on any atom is -0.436 e. The van der Waals surface area contributed by atoms with Crippen molar-refractivity contribution in [3.63, 3.8) is 0 Å². The molecule has 5 nitrogen and oxygen atoms in total. The van der Waals surface area contributed by atoms with E-state index in [4.69, 9.17) is 24.4 Å². The van der Waals surface area contributed by atoms with Gasteiger partial charge < -0.3 is 4.42 Å². The van der Waals surface area contributed by atoms with Crippen molar-refractivity contribution in [2.24, 2.45) is 0 Å². The Bertz CT molecular complexity index is 3340. The van der Waals surface area contributed by atoms with E-state index in [0.717, 1.165) is 39.8 Å². The van der Waals surface area contributed by atoms with Crippen LogP contribution in [-0.2, 0) is 0 Å². The van der Waals surface area contributed by atoms with E-state index in [0.29, 0.717) is 23.4 Å². The van der Waals surface area contributed by atoms with Crippen LogP contribution in [-0.4, -0.2) is 25.1 Å². The van der Waals surface area contributed by atoms with E-state index in [1.54, 1.807) is 0 Å². The van der Waals surface area contributed by atoms with Gasteiger partial charge in [-0.05, 0) is 94.6 Å². The smallest absolute Gasteiger partial charge is 0.227 e. The van der Waals surface area contributed by atoms with Crippen molar-refractivity contribution >= 4 is 69.3 Å². The highest BCUT2D eigenvalue weighted by Gasteiger charge is 2.47. The van der Waals surface area contributed by atoms with E-state index in [-0.39, 0.29) is 5.16 Å². The zero-order valence-electron chi connectivity index (χ0n) is 32.7. The fourth-order valence-electron chi connectivity index (χ4n) is 9.18. The molecule has 60 heavy (non-hydrogen) atoms. The molecule has 4 heterocycles. The first-order valence-corrected chi connectivity index (χ1v) is 23.0. The number of benzene rings is 7. The molecule has 3 aromatic heterocycles. The largest absolute Gasteiger partial charge is 0.436 e. The van der Waals surface area contributed by atoms with Gasteiger partial charge in [0.15, 0.2) is 23.1 Å². The molecule has 0 fully saturated rings. The maximum Gasteiger partial charge on any atom is 0.227 e. The van der Waals surface area contributed by atoms with Crippen molar-refractivity contribution in [3.05, 3.63) is 199 Å². The molecule has 3 atom stereocenters. The quantitative estimate of drug-likeness (QED) is 0.157. The summed E-state index contributed by atoms with van der Waals surface area (Å²) < 4.78 is 6.11. The fourth-order valence-corrected chi connectivity index (χ4v) is 15.0. The summed E-state index contributed by atoms with van der Waals surface area (Å²) in [6.45, 7) is 2.44. The summed E-state index contributed by atoms with van der Waals surface area (Å²) >= 11 is 0. The molecule has 284 valence electrons. The van der Waals surface area contributed by atoms with Gasteiger partial charge >= 0.3 is 0 Å². The van der Waals surface area contributed by atoms with Crippen LogP contribution >= 0.6 is 15.5 Å². The molecule has 0 saturated carbocycles. The average molecular weight is 807 g/mol. The fraction of sp³-hybridized carbons (Fsp3) is 0.0566. The molecule has 10 aromatic rings. The number of para-hydroxylation sites is 2. The number of fused-ring (bicyclic) bond motifs is 7. The first-order chi connectivity index (χ1) is 29.6. The summed E-state index contributed by atoms with van der Waals surface area (Å²) in [7, 11) is -1.29. The number of aromatic nitrogens is 4. The summed E-state index contributed by atoms with van der Waals surface area (Å²) in [4.78, 5) is 20.5. The lowest BCUT2D eigenvalue weighted by Gasteiger charge is -2.35. The van der Waals surface area contributed by atoms with Crippen molar-refractivity contribution in [1.29, 1.82) is 0 Å². The van der Waals surface area contributed by atoms with Gasteiger partial charge in [0.25, 0.3) is 0 Å². The van der Waals surface area contributed by atoms with Crippen molar-refractivity contribution in [2.75, 3.05) is 0 Å². The molecule has 7 heteroatoms. The Morgan fingerprint density at radius 1 is 0.533 bits per heavy atom. The predicted molar refractivity (Wildman–Crippen MR) is 251 cm³/mol. The minimum absolute atomic E-state index is 0.0480. The molecular formula is C53H36N4OP2. The average Bonchev–Trinajstić information content (AvgIpc) is 3.97. The van der Waals surface area contributed by atoms with Crippen LogP contribution in [0.1, 0.15) is 24.7 Å². The van der Waals surface area contributed by atoms with Gasteiger partial charge in [0.2, 0.25) is 5.89 Å². The summed E-state index contributed by atoms with van der Waals surface area (Å²) in [6, 6.07) is 62.6. The second-order valence-electron chi connectivity index (χ2n) is 15.7. The Kier molecular flexibility index (Phi) is 8.17. The van der Waals surface area contributed by atoms with Gasteiger partial charge in [0.05, 0.1) is 0 Å². The van der Waals surface area contributed by atoms with Gasteiger partial charge in [-0.1, -0.05) is 160 Å².